The van der Waals surface area contributed by atoms with Crippen LogP contribution in [0.2, 0.25) is 0 Å². The Kier molecular flexibility index (Phi) is 7.02. The first-order valence-corrected chi connectivity index (χ1v) is 8.57. The molecule has 0 radical (unpaired) electrons. The second kappa shape index (κ2) is 9.24. The van der Waals surface area contributed by atoms with E-state index in [2.05, 4.69) is 11.1 Å². The first-order chi connectivity index (χ1) is 12.8. The quantitative estimate of drug-likeness (QED) is 0.710. The summed E-state index contributed by atoms with van der Waals surface area (Å²) in [6.45, 7) is 1.63. The molecule has 0 aliphatic rings. The zero-order valence-electron chi connectivity index (χ0n) is 15.7. The summed E-state index contributed by atoms with van der Waals surface area (Å²) in [6.07, 6.45) is 2.73. The van der Waals surface area contributed by atoms with Gasteiger partial charge in [0.05, 0.1) is 25.6 Å². The minimum atomic E-state index is -2.67. The van der Waals surface area contributed by atoms with Crippen LogP contribution in [-0.2, 0) is 11.3 Å². The summed E-state index contributed by atoms with van der Waals surface area (Å²) in [5, 5.41) is 8.92. The van der Waals surface area contributed by atoms with Crippen molar-refractivity contribution in [3.05, 3.63) is 47.5 Å². The maximum Gasteiger partial charge on any atom is 0.319 e. The van der Waals surface area contributed by atoms with E-state index in [1.165, 1.54) is 12.4 Å². The molecule has 0 aliphatic carbocycles. The van der Waals surface area contributed by atoms with Crippen LogP contribution in [0.4, 0.5) is 14.5 Å². The zero-order valence-corrected chi connectivity index (χ0v) is 15.7. The number of hydrogen-bond donors (Lipinski definition) is 0. The third kappa shape index (κ3) is 5.11. The van der Waals surface area contributed by atoms with Crippen LogP contribution < -0.4 is 4.90 Å². The van der Waals surface area contributed by atoms with E-state index in [0.29, 0.717) is 0 Å². The molecule has 0 unspecified atom stereocenters. The third-order valence-electron chi connectivity index (χ3n) is 4.39. The van der Waals surface area contributed by atoms with Crippen molar-refractivity contribution in [2.45, 2.75) is 33.4 Å². The average Bonchev–Trinajstić information content (AvgIpc) is 3.06. The number of aryl methyl sites for hydroxylation is 1. The number of imidazole rings is 1. The molecule has 0 spiro atoms. The van der Waals surface area contributed by atoms with Crippen LogP contribution in [0.3, 0.4) is 0 Å². The van der Waals surface area contributed by atoms with Crippen LogP contribution >= 0.6 is 0 Å². The van der Waals surface area contributed by atoms with Gasteiger partial charge >= 0.3 is 6.55 Å². The number of carbonyl (C=O) groups excluding carboxylic acids is 1. The van der Waals surface area contributed by atoms with Gasteiger partial charge in [-0.3, -0.25) is 14.3 Å². The number of carbonyl (C=O) groups is 1. The van der Waals surface area contributed by atoms with Crippen LogP contribution in [0.5, 0.6) is 0 Å². The van der Waals surface area contributed by atoms with Crippen LogP contribution in [0.1, 0.15) is 29.9 Å². The van der Waals surface area contributed by atoms with Crippen molar-refractivity contribution in [1.82, 2.24) is 14.5 Å². The number of anilines is 1. The summed E-state index contributed by atoms with van der Waals surface area (Å²) < 4.78 is 26.7. The van der Waals surface area contributed by atoms with Gasteiger partial charge in [-0.15, -0.1) is 0 Å². The SMILES string of the molecule is Cc1cccc(N(CCC#N)C(=O)CN(C)Cc2nccn2C(F)F)c1C. The Bertz CT molecular complexity index is 828. The molecule has 0 saturated carbocycles. The molecule has 0 aliphatic heterocycles. The van der Waals surface area contributed by atoms with Gasteiger partial charge < -0.3 is 4.90 Å². The van der Waals surface area contributed by atoms with E-state index in [1.807, 2.05) is 32.0 Å². The molecule has 1 heterocycles. The molecule has 0 fully saturated rings. The summed E-state index contributed by atoms with van der Waals surface area (Å²) in [4.78, 5) is 20.0. The third-order valence-corrected chi connectivity index (χ3v) is 4.39. The van der Waals surface area contributed by atoms with E-state index < -0.39 is 6.55 Å². The summed E-state index contributed by atoms with van der Waals surface area (Å²) >= 11 is 0. The Labute approximate surface area is 157 Å². The van der Waals surface area contributed by atoms with Gasteiger partial charge in [-0.1, -0.05) is 12.1 Å². The molecular formula is C19H23F2N5O. The molecule has 0 N–H and O–H groups in total. The highest BCUT2D eigenvalue weighted by atomic mass is 19.3. The Balaban J connectivity index is 2.14. The fourth-order valence-electron chi connectivity index (χ4n) is 2.83. The van der Waals surface area contributed by atoms with E-state index in [9.17, 15) is 13.6 Å². The van der Waals surface area contributed by atoms with Crippen molar-refractivity contribution in [1.29, 1.82) is 5.26 Å². The topological polar surface area (TPSA) is 65.2 Å². The maximum atomic E-state index is 12.9. The fourth-order valence-corrected chi connectivity index (χ4v) is 2.83. The Morgan fingerprint density at radius 3 is 2.78 bits per heavy atom. The summed E-state index contributed by atoms with van der Waals surface area (Å²) in [5.74, 6) is -0.00721. The second-order valence-corrected chi connectivity index (χ2v) is 6.37. The van der Waals surface area contributed by atoms with E-state index in [-0.39, 0.29) is 37.8 Å². The van der Waals surface area contributed by atoms with Gasteiger partial charge in [0.2, 0.25) is 5.91 Å². The summed E-state index contributed by atoms with van der Waals surface area (Å²) in [7, 11) is 1.67. The highest BCUT2D eigenvalue weighted by Crippen LogP contribution is 2.23. The van der Waals surface area contributed by atoms with Crippen molar-refractivity contribution in [3.8, 4) is 6.07 Å². The normalized spacial score (nSPS) is 11.0. The molecule has 2 aromatic rings. The van der Waals surface area contributed by atoms with Crippen molar-refractivity contribution < 1.29 is 13.6 Å². The van der Waals surface area contributed by atoms with Gasteiger partial charge in [-0.25, -0.2) is 4.98 Å². The lowest BCUT2D eigenvalue weighted by atomic mass is 10.1. The van der Waals surface area contributed by atoms with Crippen molar-refractivity contribution in [2.75, 3.05) is 25.0 Å². The molecule has 8 heteroatoms. The lowest BCUT2D eigenvalue weighted by molar-refractivity contribution is -0.119. The molecule has 0 atom stereocenters. The predicted molar refractivity (Wildman–Crippen MR) is 98.3 cm³/mol. The number of nitriles is 1. The van der Waals surface area contributed by atoms with E-state index >= 15 is 0 Å². The highest BCUT2D eigenvalue weighted by Gasteiger charge is 2.21. The van der Waals surface area contributed by atoms with E-state index in [0.717, 1.165) is 21.4 Å². The first kappa shape index (κ1) is 20.5. The molecule has 27 heavy (non-hydrogen) atoms. The van der Waals surface area contributed by atoms with Crippen molar-refractivity contribution in [2.24, 2.45) is 0 Å². The molecule has 0 bridgehead atoms. The lowest BCUT2D eigenvalue weighted by Crippen LogP contribution is -2.40. The van der Waals surface area contributed by atoms with Gasteiger partial charge in [0.1, 0.15) is 5.82 Å². The minimum Gasteiger partial charge on any atom is -0.310 e. The number of likely N-dealkylation sites (N-methyl/N-ethyl adjacent to an activating group) is 1. The zero-order chi connectivity index (χ0) is 20.0. The highest BCUT2D eigenvalue weighted by molar-refractivity contribution is 5.95. The van der Waals surface area contributed by atoms with Gasteiger partial charge in [0, 0.05) is 24.6 Å². The molecule has 1 amide bonds. The summed E-state index contributed by atoms with van der Waals surface area (Å²) in [5.41, 5.74) is 2.78. The maximum absolute atomic E-state index is 12.9. The monoisotopic (exact) mass is 375 g/mol. The van der Waals surface area contributed by atoms with Gasteiger partial charge in [-0.2, -0.15) is 14.0 Å². The number of alkyl halides is 2. The number of halogens is 2. The molecule has 144 valence electrons. The number of benzene rings is 1. The van der Waals surface area contributed by atoms with E-state index in [1.54, 1.807) is 16.8 Å². The number of rotatable bonds is 8. The molecule has 1 aromatic carbocycles. The smallest absolute Gasteiger partial charge is 0.310 e. The number of hydrogen-bond acceptors (Lipinski definition) is 4. The van der Waals surface area contributed by atoms with Crippen molar-refractivity contribution >= 4 is 11.6 Å². The standard InChI is InChI=1S/C19H23F2N5O/c1-14-6-4-7-16(15(14)2)25(10-5-8-22)18(27)13-24(3)12-17-23-9-11-26(17)19(20)21/h4,6-7,9,11,19H,5,10,12-13H2,1-3H3. The Morgan fingerprint density at radius 1 is 1.37 bits per heavy atom. The predicted octanol–water partition coefficient (Wildman–Crippen LogP) is 3.27. The summed E-state index contributed by atoms with van der Waals surface area (Å²) in [6, 6.07) is 7.74. The fraction of sp³-hybridized carbons (Fsp3) is 0.421. The van der Waals surface area contributed by atoms with Crippen LogP contribution in [0.15, 0.2) is 30.6 Å². The number of nitrogens with zero attached hydrogens (tertiary/aromatic N) is 5. The van der Waals surface area contributed by atoms with Gasteiger partial charge in [0.15, 0.2) is 0 Å². The van der Waals surface area contributed by atoms with E-state index in [4.69, 9.17) is 5.26 Å². The minimum absolute atomic E-state index is 0.0227. The molecule has 2 rings (SSSR count). The lowest BCUT2D eigenvalue weighted by Gasteiger charge is -2.27. The number of amides is 1. The largest absolute Gasteiger partial charge is 0.319 e. The molecule has 0 saturated heterocycles. The Hall–Kier alpha value is -2.79. The van der Waals surface area contributed by atoms with Gasteiger partial charge in [-0.05, 0) is 38.1 Å². The van der Waals surface area contributed by atoms with Gasteiger partial charge in [0.25, 0.3) is 0 Å². The average molecular weight is 375 g/mol. The first-order valence-electron chi connectivity index (χ1n) is 8.57. The molecule has 1 aromatic heterocycles. The second-order valence-electron chi connectivity index (χ2n) is 6.37. The Morgan fingerprint density at radius 2 is 2.11 bits per heavy atom. The van der Waals surface area contributed by atoms with Crippen molar-refractivity contribution in [3.63, 3.8) is 0 Å². The van der Waals surface area contributed by atoms with Crippen LogP contribution in [-0.4, -0.2) is 40.5 Å². The molecular weight excluding hydrogens is 352 g/mol. The number of aromatic nitrogens is 2. The van der Waals surface area contributed by atoms with Crippen LogP contribution in [0, 0.1) is 25.2 Å². The molecule has 6 nitrogen and oxygen atoms in total. The van der Waals surface area contributed by atoms with Crippen LogP contribution in [0.25, 0.3) is 0 Å².